The quantitative estimate of drug-likeness (QED) is 0.862. The molecule has 0 aliphatic carbocycles. The zero-order valence-electron chi connectivity index (χ0n) is 10.9. The van der Waals surface area contributed by atoms with E-state index in [-0.39, 0.29) is 6.04 Å². The number of nitrogens with one attached hydrogen (secondary N) is 1. The molecule has 3 N–H and O–H groups in total. The third-order valence-electron chi connectivity index (χ3n) is 3.08. The van der Waals surface area contributed by atoms with Gasteiger partial charge in [-0.2, -0.15) is 0 Å². The molecular formula is C15H19N3. The second-order valence-electron chi connectivity index (χ2n) is 4.40. The van der Waals surface area contributed by atoms with E-state index in [1.165, 1.54) is 11.1 Å². The number of benzene rings is 1. The number of anilines is 2. The van der Waals surface area contributed by atoms with Crippen LogP contribution in [0.5, 0.6) is 0 Å². The summed E-state index contributed by atoms with van der Waals surface area (Å²) in [4.78, 5) is 4.24. The number of hydrogen-bond acceptors (Lipinski definition) is 3. The lowest BCUT2D eigenvalue weighted by atomic mass is 10.1. The zero-order chi connectivity index (χ0) is 13.0. The molecule has 0 radical (unpaired) electrons. The Bertz CT molecular complexity index is 505. The van der Waals surface area contributed by atoms with Crippen LogP contribution >= 0.6 is 0 Å². The number of hydrogen-bond donors (Lipinski definition) is 2. The summed E-state index contributed by atoms with van der Waals surface area (Å²) in [7, 11) is 0. The van der Waals surface area contributed by atoms with E-state index in [9.17, 15) is 0 Å². The van der Waals surface area contributed by atoms with Crippen LogP contribution in [0.4, 0.5) is 11.5 Å². The molecule has 2 rings (SSSR count). The zero-order valence-corrected chi connectivity index (χ0v) is 10.9. The van der Waals surface area contributed by atoms with Gasteiger partial charge in [0.1, 0.15) is 5.82 Å². The minimum atomic E-state index is 0.188. The van der Waals surface area contributed by atoms with Crippen LogP contribution in [0.15, 0.2) is 42.6 Å². The first kappa shape index (κ1) is 12.4. The average molecular weight is 241 g/mol. The molecule has 1 heterocycles. The van der Waals surface area contributed by atoms with E-state index >= 15 is 0 Å². The van der Waals surface area contributed by atoms with E-state index in [1.807, 2.05) is 12.1 Å². The Hall–Kier alpha value is -2.03. The summed E-state index contributed by atoms with van der Waals surface area (Å²) < 4.78 is 0. The Morgan fingerprint density at radius 2 is 1.94 bits per heavy atom. The van der Waals surface area contributed by atoms with Crippen molar-refractivity contribution in [2.75, 3.05) is 11.1 Å². The fourth-order valence-corrected chi connectivity index (χ4v) is 1.87. The van der Waals surface area contributed by atoms with Crippen molar-refractivity contribution in [3.8, 4) is 0 Å². The molecule has 18 heavy (non-hydrogen) atoms. The molecule has 0 saturated heterocycles. The van der Waals surface area contributed by atoms with Crippen molar-refractivity contribution in [3.63, 3.8) is 0 Å². The van der Waals surface area contributed by atoms with E-state index in [0.717, 1.165) is 12.2 Å². The summed E-state index contributed by atoms with van der Waals surface area (Å²) in [5, 5.41) is 3.33. The second-order valence-corrected chi connectivity index (χ2v) is 4.40. The molecule has 0 fully saturated rings. The number of nitrogens with zero attached hydrogens (tertiary/aromatic N) is 1. The van der Waals surface area contributed by atoms with Gasteiger partial charge >= 0.3 is 0 Å². The van der Waals surface area contributed by atoms with E-state index in [4.69, 9.17) is 5.73 Å². The van der Waals surface area contributed by atoms with Gasteiger partial charge in [0, 0.05) is 6.20 Å². The summed E-state index contributed by atoms with van der Waals surface area (Å²) in [6, 6.07) is 12.5. The monoisotopic (exact) mass is 241 g/mol. The Kier molecular flexibility index (Phi) is 3.82. The molecule has 2 aromatic rings. The molecule has 0 aliphatic rings. The summed E-state index contributed by atoms with van der Waals surface area (Å²) in [5.74, 6) is 0.740. The Balaban J connectivity index is 2.11. The molecule has 0 amide bonds. The number of pyridine rings is 1. The van der Waals surface area contributed by atoms with Crippen molar-refractivity contribution in [3.05, 3.63) is 53.7 Å². The highest BCUT2D eigenvalue weighted by molar-refractivity contribution is 5.61. The Morgan fingerprint density at radius 1 is 1.22 bits per heavy atom. The van der Waals surface area contributed by atoms with Gasteiger partial charge in [0.15, 0.2) is 0 Å². The lowest BCUT2D eigenvalue weighted by Gasteiger charge is -2.16. The van der Waals surface area contributed by atoms with Gasteiger partial charge in [0.2, 0.25) is 0 Å². The minimum Gasteiger partial charge on any atom is -0.396 e. The van der Waals surface area contributed by atoms with Crippen molar-refractivity contribution in [1.29, 1.82) is 0 Å². The SMILES string of the molecule is CCc1ccc(C(C)Nc2ncccc2N)cc1. The molecule has 94 valence electrons. The highest BCUT2D eigenvalue weighted by Crippen LogP contribution is 2.21. The normalized spacial score (nSPS) is 12.1. The van der Waals surface area contributed by atoms with Crippen molar-refractivity contribution in [2.45, 2.75) is 26.3 Å². The van der Waals surface area contributed by atoms with Crippen LogP contribution in [0.1, 0.15) is 31.0 Å². The lowest BCUT2D eigenvalue weighted by molar-refractivity contribution is 0.874. The first-order valence-corrected chi connectivity index (χ1v) is 6.26. The molecule has 1 atom stereocenters. The molecule has 3 nitrogen and oxygen atoms in total. The van der Waals surface area contributed by atoms with Crippen LogP contribution in [0, 0.1) is 0 Å². The molecular weight excluding hydrogens is 222 g/mol. The van der Waals surface area contributed by atoms with E-state index < -0.39 is 0 Å². The highest BCUT2D eigenvalue weighted by Gasteiger charge is 2.07. The largest absolute Gasteiger partial charge is 0.396 e. The fourth-order valence-electron chi connectivity index (χ4n) is 1.87. The molecule has 1 aromatic carbocycles. The van der Waals surface area contributed by atoms with Gasteiger partial charge in [-0.3, -0.25) is 0 Å². The summed E-state index contributed by atoms with van der Waals surface area (Å²) >= 11 is 0. The van der Waals surface area contributed by atoms with Gasteiger partial charge in [-0.1, -0.05) is 31.2 Å². The third-order valence-corrected chi connectivity index (χ3v) is 3.08. The average Bonchev–Trinajstić information content (AvgIpc) is 2.41. The topological polar surface area (TPSA) is 50.9 Å². The van der Waals surface area contributed by atoms with Crippen LogP contribution < -0.4 is 11.1 Å². The van der Waals surface area contributed by atoms with Crippen LogP contribution in [0.3, 0.4) is 0 Å². The van der Waals surface area contributed by atoms with Crippen molar-refractivity contribution >= 4 is 11.5 Å². The van der Waals surface area contributed by atoms with Crippen molar-refractivity contribution < 1.29 is 0 Å². The van der Waals surface area contributed by atoms with Gasteiger partial charge in [-0.15, -0.1) is 0 Å². The van der Waals surface area contributed by atoms with Gasteiger partial charge in [0.05, 0.1) is 11.7 Å². The smallest absolute Gasteiger partial charge is 0.149 e. The molecule has 0 spiro atoms. The van der Waals surface area contributed by atoms with Crippen LogP contribution in [0.2, 0.25) is 0 Å². The van der Waals surface area contributed by atoms with Gasteiger partial charge < -0.3 is 11.1 Å². The van der Waals surface area contributed by atoms with Crippen molar-refractivity contribution in [2.24, 2.45) is 0 Å². The Labute approximate surface area is 108 Å². The van der Waals surface area contributed by atoms with Crippen LogP contribution in [0.25, 0.3) is 0 Å². The number of rotatable bonds is 4. The molecule has 0 bridgehead atoms. The molecule has 0 saturated carbocycles. The first-order valence-electron chi connectivity index (χ1n) is 6.26. The Morgan fingerprint density at radius 3 is 2.56 bits per heavy atom. The molecule has 3 heteroatoms. The van der Waals surface area contributed by atoms with Crippen molar-refractivity contribution in [1.82, 2.24) is 4.98 Å². The number of nitrogen functional groups attached to an aromatic ring is 1. The highest BCUT2D eigenvalue weighted by atomic mass is 15.0. The minimum absolute atomic E-state index is 0.188. The maximum Gasteiger partial charge on any atom is 0.149 e. The van der Waals surface area contributed by atoms with E-state index in [1.54, 1.807) is 6.20 Å². The predicted molar refractivity (Wildman–Crippen MR) is 76.5 cm³/mol. The summed E-state index contributed by atoms with van der Waals surface area (Å²) in [6.07, 6.45) is 2.81. The summed E-state index contributed by atoms with van der Waals surface area (Å²) in [5.41, 5.74) is 9.13. The standard InChI is InChI=1S/C15H19N3/c1-3-12-6-8-13(9-7-12)11(2)18-15-14(16)5-4-10-17-15/h4-11H,3,16H2,1-2H3,(H,17,18). The van der Waals surface area contributed by atoms with E-state index in [0.29, 0.717) is 5.69 Å². The molecule has 1 aromatic heterocycles. The van der Waals surface area contributed by atoms with E-state index in [2.05, 4.69) is 48.4 Å². The van der Waals surface area contributed by atoms with Gasteiger partial charge in [0.25, 0.3) is 0 Å². The number of aryl methyl sites for hydroxylation is 1. The maximum atomic E-state index is 5.87. The summed E-state index contributed by atoms with van der Waals surface area (Å²) in [6.45, 7) is 4.26. The second kappa shape index (κ2) is 5.54. The van der Waals surface area contributed by atoms with Gasteiger partial charge in [-0.25, -0.2) is 4.98 Å². The fraction of sp³-hybridized carbons (Fsp3) is 0.267. The predicted octanol–water partition coefficient (Wildman–Crippen LogP) is 3.40. The third kappa shape index (κ3) is 2.80. The lowest BCUT2D eigenvalue weighted by Crippen LogP contribution is -2.09. The maximum absolute atomic E-state index is 5.87. The van der Waals surface area contributed by atoms with Crippen LogP contribution in [-0.4, -0.2) is 4.98 Å². The van der Waals surface area contributed by atoms with Gasteiger partial charge in [-0.05, 0) is 36.6 Å². The van der Waals surface area contributed by atoms with Crippen LogP contribution in [-0.2, 0) is 6.42 Å². The number of nitrogens with two attached hydrogens (primary N) is 1. The first-order chi connectivity index (χ1) is 8.70. The molecule has 0 aliphatic heterocycles. The number of aromatic nitrogens is 1. The molecule has 1 unspecified atom stereocenters.